The molecule has 11 heteroatoms. The maximum atomic E-state index is 13.7. The smallest absolute Gasteiger partial charge is 0.235 e. The third-order valence-corrected chi connectivity index (χ3v) is 7.53. The molecule has 0 radical (unpaired) electrons. The van der Waals surface area contributed by atoms with Crippen LogP contribution in [0.4, 0.5) is 0 Å². The second-order valence-electron chi connectivity index (χ2n) is 9.65. The van der Waals surface area contributed by atoms with E-state index in [0.717, 1.165) is 0 Å². The molecular formula is C24H29N3O8. The Balaban J connectivity index is 1.78. The predicted octanol–water partition coefficient (Wildman–Crippen LogP) is -1.09. The average molecular weight is 488 g/mol. The number of ketones is 4. The number of primary amides is 1. The number of nitrogens with one attached hydrogen (secondary N) is 1. The number of nitrogens with two attached hydrogens (primary N) is 1. The van der Waals surface area contributed by atoms with Crippen LogP contribution in [0.2, 0.25) is 0 Å². The molecule has 0 spiro atoms. The number of carbonyl (C=O) groups excluding carboxylic acids is 5. The summed E-state index contributed by atoms with van der Waals surface area (Å²) in [5.74, 6) is -10.5. The van der Waals surface area contributed by atoms with Crippen LogP contribution in [-0.2, 0) is 37.0 Å². The first-order valence-corrected chi connectivity index (χ1v) is 11.5. The first kappa shape index (κ1) is 25.1. The monoisotopic (exact) mass is 487 g/mol. The molecule has 5 N–H and O–H groups in total. The number of phenols is 1. The summed E-state index contributed by atoms with van der Waals surface area (Å²) in [6, 6.07) is 2.24. The van der Waals surface area contributed by atoms with Crippen LogP contribution in [-0.4, -0.2) is 76.5 Å². The highest BCUT2D eigenvalue weighted by atomic mass is 16.6. The number of benzene rings is 1. The van der Waals surface area contributed by atoms with Gasteiger partial charge >= 0.3 is 0 Å². The molecule has 6 atom stereocenters. The van der Waals surface area contributed by atoms with Crippen LogP contribution < -0.4 is 11.2 Å². The van der Waals surface area contributed by atoms with Gasteiger partial charge in [-0.05, 0) is 45.3 Å². The molecule has 188 valence electrons. The topological polar surface area (TPSA) is 176 Å². The summed E-state index contributed by atoms with van der Waals surface area (Å²) in [4.78, 5) is 72.0. The van der Waals surface area contributed by atoms with Gasteiger partial charge in [0.25, 0.3) is 0 Å². The predicted molar refractivity (Wildman–Crippen MR) is 120 cm³/mol. The van der Waals surface area contributed by atoms with Gasteiger partial charge in [0.05, 0.1) is 24.1 Å². The lowest BCUT2D eigenvalue weighted by Gasteiger charge is -2.52. The van der Waals surface area contributed by atoms with E-state index < -0.39 is 64.4 Å². The summed E-state index contributed by atoms with van der Waals surface area (Å²) in [6.07, 6.45) is 0.261. The number of aliphatic hydroxyl groups is 1. The summed E-state index contributed by atoms with van der Waals surface area (Å²) in [6.45, 7) is 2.28. The van der Waals surface area contributed by atoms with Gasteiger partial charge in [-0.2, -0.15) is 5.48 Å². The van der Waals surface area contributed by atoms with Crippen molar-refractivity contribution in [2.45, 2.75) is 38.0 Å². The highest BCUT2D eigenvalue weighted by molar-refractivity contribution is 6.32. The standard InChI is InChI=1S/C24H29N3O8/c1-4-35-26-9-11-6-5-10-7-12-8-13-17(27(2)3)20(30)16(23(25)33)22(32)24(13,34)21(31)15(12)19(29)14(10)18(11)28/h5-6,12-13,15-17,26,28,34H,4,7-9H2,1-3H3,(H2,25,33)/t12-,13-,15?,16?,17-,24-/m0/s1. The Hall–Kier alpha value is -2.99. The fourth-order valence-corrected chi connectivity index (χ4v) is 6.00. The Morgan fingerprint density at radius 1 is 1.23 bits per heavy atom. The van der Waals surface area contributed by atoms with Crippen LogP contribution in [0.15, 0.2) is 12.1 Å². The van der Waals surface area contributed by atoms with E-state index in [1.165, 1.54) is 4.90 Å². The number of rotatable bonds is 6. The van der Waals surface area contributed by atoms with E-state index in [4.69, 9.17) is 10.6 Å². The number of hydroxylamine groups is 1. The Labute approximate surface area is 201 Å². The zero-order chi connectivity index (χ0) is 25.8. The van der Waals surface area contributed by atoms with E-state index in [1.54, 1.807) is 33.2 Å². The number of likely N-dealkylation sites (N-methyl/N-ethyl adjacent to an activating group) is 1. The van der Waals surface area contributed by atoms with Gasteiger partial charge in [-0.1, -0.05) is 12.1 Å². The molecule has 0 saturated heterocycles. The van der Waals surface area contributed by atoms with E-state index >= 15 is 0 Å². The van der Waals surface area contributed by atoms with E-state index in [0.29, 0.717) is 17.7 Å². The molecule has 11 nitrogen and oxygen atoms in total. The minimum Gasteiger partial charge on any atom is -0.507 e. The molecule has 4 rings (SSSR count). The molecular weight excluding hydrogens is 458 g/mol. The molecule has 0 aromatic heterocycles. The van der Waals surface area contributed by atoms with Crippen LogP contribution in [0.3, 0.4) is 0 Å². The molecule has 0 bridgehead atoms. The minimum atomic E-state index is -2.72. The lowest BCUT2D eigenvalue weighted by molar-refractivity contribution is -0.181. The number of amides is 1. The summed E-state index contributed by atoms with van der Waals surface area (Å²) in [7, 11) is 3.09. The van der Waals surface area contributed by atoms with Gasteiger partial charge in [0.1, 0.15) is 5.75 Å². The SMILES string of the molecule is CCONCc1ccc2c(c1O)C(=O)C1C(=O)[C@]3(O)C(=O)C(C(N)=O)C(=O)[C@@H](N(C)C)[C@@H]3C[C@@H]1C2. The van der Waals surface area contributed by atoms with E-state index in [1.807, 2.05) is 0 Å². The molecule has 2 unspecified atom stereocenters. The van der Waals surface area contributed by atoms with Crippen molar-refractivity contribution in [1.82, 2.24) is 10.4 Å². The van der Waals surface area contributed by atoms with Crippen LogP contribution >= 0.6 is 0 Å². The summed E-state index contributed by atoms with van der Waals surface area (Å²) < 4.78 is 0. The normalized spacial score (nSPS) is 32.3. The molecule has 3 aliphatic rings. The van der Waals surface area contributed by atoms with Crippen molar-refractivity contribution < 1.29 is 39.0 Å². The van der Waals surface area contributed by atoms with E-state index in [9.17, 15) is 34.2 Å². The molecule has 1 aromatic carbocycles. The van der Waals surface area contributed by atoms with Crippen LogP contribution in [0.25, 0.3) is 0 Å². The Kier molecular flexibility index (Phi) is 6.39. The number of aromatic hydroxyl groups is 1. The molecule has 2 fully saturated rings. The van der Waals surface area contributed by atoms with Crippen molar-refractivity contribution in [2.24, 2.45) is 29.4 Å². The second kappa shape index (κ2) is 8.90. The zero-order valence-corrected chi connectivity index (χ0v) is 19.7. The van der Waals surface area contributed by atoms with Crippen molar-refractivity contribution in [1.29, 1.82) is 0 Å². The van der Waals surface area contributed by atoms with Crippen molar-refractivity contribution in [3.05, 3.63) is 28.8 Å². The first-order chi connectivity index (χ1) is 16.5. The molecule has 1 amide bonds. The number of phenolic OH excluding ortho intramolecular Hbond substituents is 1. The largest absolute Gasteiger partial charge is 0.507 e. The van der Waals surface area contributed by atoms with Gasteiger partial charge in [-0.25, -0.2) is 0 Å². The van der Waals surface area contributed by atoms with Crippen molar-refractivity contribution >= 4 is 29.0 Å². The number of Topliss-reactive ketones (excluding diaryl/α,β-unsaturated/α-hetero) is 4. The van der Waals surface area contributed by atoms with E-state index in [-0.39, 0.29) is 30.7 Å². The third kappa shape index (κ3) is 3.61. The highest BCUT2D eigenvalue weighted by Gasteiger charge is 2.69. The quantitative estimate of drug-likeness (QED) is 0.219. The van der Waals surface area contributed by atoms with Crippen LogP contribution in [0, 0.1) is 23.7 Å². The van der Waals surface area contributed by atoms with Crippen LogP contribution in [0.5, 0.6) is 5.75 Å². The lowest BCUT2D eigenvalue weighted by atomic mass is 9.52. The van der Waals surface area contributed by atoms with Crippen molar-refractivity contribution in [2.75, 3.05) is 20.7 Å². The Morgan fingerprint density at radius 3 is 2.51 bits per heavy atom. The fraction of sp³-hybridized carbons (Fsp3) is 0.542. The van der Waals surface area contributed by atoms with Gasteiger partial charge in [-0.3, -0.25) is 28.9 Å². The minimum absolute atomic E-state index is 0.0261. The zero-order valence-electron chi connectivity index (χ0n) is 19.7. The molecule has 2 saturated carbocycles. The summed E-state index contributed by atoms with van der Waals surface area (Å²) in [5, 5.41) is 22.4. The number of fused-ring (bicyclic) bond motifs is 3. The van der Waals surface area contributed by atoms with Crippen molar-refractivity contribution in [3.8, 4) is 5.75 Å². The second-order valence-corrected chi connectivity index (χ2v) is 9.65. The van der Waals surface area contributed by atoms with Crippen LogP contribution in [0.1, 0.15) is 34.8 Å². The molecule has 0 aliphatic heterocycles. The van der Waals surface area contributed by atoms with E-state index in [2.05, 4.69) is 5.48 Å². The van der Waals surface area contributed by atoms with Gasteiger partial charge in [0.2, 0.25) is 5.91 Å². The van der Waals surface area contributed by atoms with Gasteiger partial charge < -0.3 is 20.8 Å². The number of hydrogen-bond acceptors (Lipinski definition) is 10. The molecule has 0 heterocycles. The number of hydrogen-bond donors (Lipinski definition) is 4. The maximum Gasteiger partial charge on any atom is 0.235 e. The lowest BCUT2D eigenvalue weighted by Crippen LogP contribution is -2.74. The Bertz CT molecular complexity index is 1130. The molecule has 1 aromatic rings. The average Bonchev–Trinajstić information content (AvgIpc) is 2.77. The number of carbonyl (C=O) groups is 5. The first-order valence-electron chi connectivity index (χ1n) is 11.5. The summed E-state index contributed by atoms with van der Waals surface area (Å²) in [5.41, 5.74) is 6.13. The third-order valence-electron chi connectivity index (χ3n) is 7.53. The maximum absolute atomic E-state index is 13.7. The molecule has 35 heavy (non-hydrogen) atoms. The highest BCUT2D eigenvalue weighted by Crippen LogP contribution is 2.50. The fourth-order valence-electron chi connectivity index (χ4n) is 6.00. The Morgan fingerprint density at radius 2 is 1.91 bits per heavy atom. The van der Waals surface area contributed by atoms with Crippen molar-refractivity contribution in [3.63, 3.8) is 0 Å². The van der Waals surface area contributed by atoms with Gasteiger partial charge in [-0.15, -0.1) is 0 Å². The summed E-state index contributed by atoms with van der Waals surface area (Å²) >= 11 is 0. The molecule has 3 aliphatic carbocycles. The van der Waals surface area contributed by atoms with Gasteiger partial charge in [0.15, 0.2) is 34.7 Å². The van der Waals surface area contributed by atoms with Gasteiger partial charge in [0, 0.05) is 18.0 Å². The number of nitrogens with zero attached hydrogens (tertiary/aromatic N) is 1.